The van der Waals surface area contributed by atoms with Crippen LogP contribution in [0.15, 0.2) is 115 Å². The van der Waals surface area contributed by atoms with Crippen molar-refractivity contribution in [2.75, 3.05) is 107 Å². The lowest BCUT2D eigenvalue weighted by molar-refractivity contribution is -0.145. The Morgan fingerprint density at radius 1 is 0.493 bits per heavy atom. The molecule has 0 radical (unpaired) electrons. The maximum absolute atomic E-state index is 14.9. The molecule has 9 aliphatic rings. The first-order valence-electron chi connectivity index (χ1n) is 45.8. The number of carbonyl (C=O) groups is 6. The summed E-state index contributed by atoms with van der Waals surface area (Å²) < 4.78 is 203. The quantitative estimate of drug-likeness (QED) is 0.0638. The molecular formula is C99H122F13N13O11. The average Bonchev–Trinajstić information content (AvgIpc) is 1.61. The van der Waals surface area contributed by atoms with Gasteiger partial charge in [-0.05, 0) is 235 Å². The molecule has 1 saturated carbocycles. The number of hydrogen-bond acceptors (Lipinski definition) is 16. The van der Waals surface area contributed by atoms with E-state index in [1.807, 2.05) is 104 Å². The van der Waals surface area contributed by atoms with Crippen LogP contribution < -0.4 is 29.6 Å². The second-order valence-corrected chi connectivity index (χ2v) is 38.7. The highest BCUT2D eigenvalue weighted by molar-refractivity contribution is 6.00. The number of aliphatic hydroxyl groups is 1. The van der Waals surface area contributed by atoms with Crippen LogP contribution in [-0.4, -0.2) is 219 Å². The monoisotopic (exact) mass is 1920 g/mol. The average molecular weight is 1920 g/mol. The summed E-state index contributed by atoms with van der Waals surface area (Å²) >= 11 is 0. The number of piperidine rings is 4. The van der Waals surface area contributed by atoms with Crippen molar-refractivity contribution >= 4 is 35.2 Å². The van der Waals surface area contributed by atoms with Crippen LogP contribution in [0, 0.1) is 30.0 Å². The molecule has 3 N–H and O–H groups in total. The maximum atomic E-state index is 14.9. The van der Waals surface area contributed by atoms with Gasteiger partial charge in [0.15, 0.2) is 5.78 Å². The SMILES string of the molecule is CC(C)Oc1ccc(C(=O)N2CCC3(CC2)c2c(F)cc(C(F)(F)F)n2CCN3C)cc1C#N.COc1cc(C(=O)N2CCC3(CC2)NCCn2c(C(F)(F)F)ccc23)ccc1C(C)(C)CO.COc1ccc(C(=O)N2CCC3(CC2)c2ccc(C(=O)C4CC4)n2CCN3C)cc1C(F)(F)F.Cc1cc(C(=O)N2CCC3(CC2)NC(C)(C)Cn2c(C(=O)C(F)(F)F)ccc23)ccc1OC(C)C.[HH].[HH].[HH]. The number of aromatic nitrogens is 4. The van der Waals surface area contributed by atoms with Crippen LogP contribution in [0.5, 0.6) is 23.0 Å². The Morgan fingerprint density at radius 2 is 0.956 bits per heavy atom. The van der Waals surface area contributed by atoms with Gasteiger partial charge in [0, 0.05) is 170 Å². The lowest BCUT2D eigenvalue weighted by atomic mass is 9.79. The predicted molar refractivity (Wildman–Crippen MR) is 484 cm³/mol. The number of aliphatic hydroxyl groups excluding tert-OH is 1. The molecule has 0 bridgehead atoms. The Labute approximate surface area is 785 Å². The minimum atomic E-state index is -4.93. The highest BCUT2D eigenvalue weighted by Gasteiger charge is 2.54. The Hall–Kier alpha value is -11.2. The van der Waals surface area contributed by atoms with E-state index >= 15 is 0 Å². The molecule has 5 fully saturated rings. The summed E-state index contributed by atoms with van der Waals surface area (Å²) in [5, 5.41) is 26.2. The summed E-state index contributed by atoms with van der Waals surface area (Å²) in [5.41, 5.74) is 0.259. The summed E-state index contributed by atoms with van der Waals surface area (Å²) in [4.78, 5) is 88.4. The van der Waals surface area contributed by atoms with Gasteiger partial charge >= 0.3 is 24.7 Å². The van der Waals surface area contributed by atoms with Gasteiger partial charge in [-0.2, -0.15) is 57.9 Å². The van der Waals surface area contributed by atoms with Crippen LogP contribution in [0.4, 0.5) is 57.1 Å². The number of alkyl halides is 12. The number of nitriles is 1. The molecule has 8 aliphatic heterocycles. The molecule has 17 rings (SSSR count). The van der Waals surface area contributed by atoms with Gasteiger partial charge in [0.25, 0.3) is 29.4 Å². The second kappa shape index (κ2) is 38.3. The van der Waals surface area contributed by atoms with E-state index in [-0.39, 0.29) is 119 Å². The predicted octanol–water partition coefficient (Wildman–Crippen LogP) is 17.7. The minimum absolute atomic E-state index is 0. The molecule has 740 valence electrons. The van der Waals surface area contributed by atoms with E-state index in [0.717, 1.165) is 70.9 Å². The number of methoxy groups -OCH3 is 2. The summed E-state index contributed by atoms with van der Waals surface area (Å²) in [6, 6.07) is 31.0. The number of fused-ring (bicyclic) bond motifs is 8. The molecule has 4 aromatic carbocycles. The Balaban J connectivity index is 0.000000176. The van der Waals surface area contributed by atoms with Gasteiger partial charge in [0.1, 0.15) is 46.3 Å². The normalized spacial score (nSPS) is 19.0. The van der Waals surface area contributed by atoms with Gasteiger partial charge in [-0.25, -0.2) is 4.39 Å². The molecule has 1 aliphatic carbocycles. The van der Waals surface area contributed by atoms with Gasteiger partial charge in [0.2, 0.25) is 0 Å². The summed E-state index contributed by atoms with van der Waals surface area (Å²) in [6.07, 6.45) is -12.7. The van der Waals surface area contributed by atoms with Crippen LogP contribution in [0.25, 0.3) is 0 Å². The van der Waals surface area contributed by atoms with Crippen molar-refractivity contribution in [2.24, 2.45) is 5.92 Å². The Morgan fingerprint density at radius 3 is 1.47 bits per heavy atom. The number of halogens is 13. The number of Topliss-reactive ketones (excluding diaryl/α,β-unsaturated/α-hetero) is 2. The third-order valence-electron chi connectivity index (χ3n) is 28.3. The topological polar surface area (TPSA) is 247 Å². The third-order valence-corrected chi connectivity index (χ3v) is 28.3. The Kier molecular flexibility index (Phi) is 28.4. The van der Waals surface area contributed by atoms with Crippen molar-refractivity contribution in [1.29, 1.82) is 5.26 Å². The number of rotatable bonds is 15. The standard InChI is InChI=1S/C26H32F3N3O3.C25H28F3N3O3.C24H26F4N4O2.C24H30F3N3O3.3H2/c1-16(2)35-20-8-6-18(14-17(20)3)23(34)31-12-10-25(11-13-31)21-9-7-19(22(33)26(27,28)29)32(21)15-24(4,5)30-25;1-29-13-14-31-19(22(32)16-3-4-16)6-8-21(31)24(29)9-11-30(12-10-24)23(33)17-5-7-20(34-2)18(15-17)25(26,27)28;1-15(2)34-19-5-4-16(12-17(19)14-29)22(33)31-8-6-23(7-9-31)21-18(25)13-20(24(26,27)28)32(21)11-10-30(23)3;1-22(2,15-31)17-5-4-16(14-18(17)33-3)21(32)29-11-8-23(9-12-29)19-6-7-20(24(25,26)27)30(19)13-10-28-23;;;/h6-9,14,16,30H,10-13,15H2,1-5H3;5-8,15-16H,3-4,9-14H2,1-2H3;4-5,12-13,15H,6-11H2,1-3H3;4-7,14,28,31H,8-13,15H2,1-3H3;3*1H. The minimum Gasteiger partial charge on any atom is -0.496 e. The maximum Gasteiger partial charge on any atom is 0.456 e. The molecule has 4 aromatic heterocycles. The first-order valence-corrected chi connectivity index (χ1v) is 45.8. The number of carbonyl (C=O) groups excluding carboxylic acids is 6. The lowest BCUT2D eigenvalue weighted by Crippen LogP contribution is -2.63. The summed E-state index contributed by atoms with van der Waals surface area (Å²) in [5.74, 6) is -1.87. The number of ether oxygens (including phenoxy) is 4. The molecule has 136 heavy (non-hydrogen) atoms. The number of nitrogens with one attached hydrogen (secondary N) is 2. The highest BCUT2D eigenvalue weighted by Crippen LogP contribution is 2.50. The highest BCUT2D eigenvalue weighted by atomic mass is 19.4. The number of benzene rings is 4. The molecule has 4 spiro atoms. The molecule has 0 atom stereocenters. The molecule has 37 heteroatoms. The first kappa shape index (κ1) is 101. The smallest absolute Gasteiger partial charge is 0.456 e. The number of nitrogens with zero attached hydrogens (tertiary/aromatic N) is 11. The van der Waals surface area contributed by atoms with E-state index in [2.05, 4.69) is 27.1 Å². The fourth-order valence-corrected chi connectivity index (χ4v) is 21.0. The lowest BCUT2D eigenvalue weighted by Gasteiger charge is -2.51. The fraction of sp³-hybridized carbons (Fsp3) is 0.525. The number of likely N-dealkylation sites (N-methyl/N-ethyl adjacent to an activating group) is 2. The van der Waals surface area contributed by atoms with Crippen molar-refractivity contribution < 1.29 is 114 Å². The van der Waals surface area contributed by atoms with Crippen molar-refractivity contribution in [3.05, 3.63) is 211 Å². The van der Waals surface area contributed by atoms with Crippen LogP contribution >= 0.6 is 0 Å². The zero-order valence-electron chi connectivity index (χ0n) is 78.4. The van der Waals surface area contributed by atoms with Crippen molar-refractivity contribution in [1.82, 2.24) is 58.3 Å². The van der Waals surface area contributed by atoms with Gasteiger partial charge in [-0.15, -0.1) is 0 Å². The number of ketones is 2. The van der Waals surface area contributed by atoms with E-state index in [9.17, 15) is 96.2 Å². The molecular weight excluding hydrogens is 1790 g/mol. The van der Waals surface area contributed by atoms with Crippen molar-refractivity contribution in [3.63, 3.8) is 0 Å². The van der Waals surface area contributed by atoms with Crippen LogP contribution in [0.1, 0.15) is 243 Å². The Bertz CT molecular complexity index is 5880. The second-order valence-electron chi connectivity index (χ2n) is 38.7. The van der Waals surface area contributed by atoms with Crippen molar-refractivity contribution in [2.45, 2.75) is 223 Å². The van der Waals surface area contributed by atoms with Gasteiger partial charge in [-0.1, -0.05) is 19.9 Å². The molecule has 4 saturated heterocycles. The van der Waals surface area contributed by atoms with Crippen LogP contribution in [0.2, 0.25) is 0 Å². The molecule has 24 nitrogen and oxygen atoms in total. The van der Waals surface area contributed by atoms with E-state index in [1.54, 1.807) is 69.1 Å². The molecule has 12 heterocycles. The molecule has 0 unspecified atom stereocenters. The number of likely N-dealkylation sites (tertiary alicyclic amines) is 4. The van der Waals surface area contributed by atoms with Gasteiger partial charge in [0.05, 0.1) is 83.4 Å². The molecule has 4 amide bonds. The van der Waals surface area contributed by atoms with Gasteiger partial charge in [-0.3, -0.25) is 43.9 Å². The van der Waals surface area contributed by atoms with E-state index in [0.29, 0.717) is 149 Å². The fourth-order valence-electron chi connectivity index (χ4n) is 21.0. The zero-order chi connectivity index (χ0) is 98.9. The van der Waals surface area contributed by atoms with E-state index in [1.165, 1.54) is 47.6 Å². The van der Waals surface area contributed by atoms with Crippen LogP contribution in [0.3, 0.4) is 0 Å². The number of hydrogen-bond donors (Lipinski definition) is 3. The number of amides is 4. The first-order chi connectivity index (χ1) is 63.9. The molecule has 8 aromatic rings. The van der Waals surface area contributed by atoms with E-state index in [4.69, 9.17) is 18.9 Å². The van der Waals surface area contributed by atoms with Crippen molar-refractivity contribution in [3.8, 4) is 29.1 Å². The zero-order valence-corrected chi connectivity index (χ0v) is 78.4. The third kappa shape index (κ3) is 20.0. The van der Waals surface area contributed by atoms with Crippen LogP contribution in [-0.2, 0) is 72.3 Å². The summed E-state index contributed by atoms with van der Waals surface area (Å²) in [6.45, 7) is 23.1. The van der Waals surface area contributed by atoms with E-state index < -0.39 is 86.7 Å². The summed E-state index contributed by atoms with van der Waals surface area (Å²) in [7, 11) is 6.56. The number of aryl methyl sites for hydroxylation is 1. The van der Waals surface area contributed by atoms with Gasteiger partial charge < -0.3 is 67.2 Å². The largest absolute Gasteiger partial charge is 0.496 e.